The maximum Gasteiger partial charge on any atom is 0.573 e. The number of hydrogen-bond donors (Lipinski definition) is 1. The quantitative estimate of drug-likeness (QED) is 0.878. The first-order chi connectivity index (χ1) is 10.2. The van der Waals surface area contributed by atoms with Gasteiger partial charge in [-0.1, -0.05) is 0 Å². The largest absolute Gasteiger partial charge is 0.573 e. The maximum absolute atomic E-state index is 13.7. The summed E-state index contributed by atoms with van der Waals surface area (Å²) in [7, 11) is 0. The number of alkyl halides is 3. The Morgan fingerprint density at radius 3 is 2.32 bits per heavy atom. The van der Waals surface area contributed by atoms with Gasteiger partial charge in [-0.3, -0.25) is 4.79 Å². The van der Waals surface area contributed by atoms with Crippen LogP contribution in [0.4, 0.5) is 17.6 Å². The van der Waals surface area contributed by atoms with Gasteiger partial charge in [-0.15, -0.1) is 13.2 Å². The van der Waals surface area contributed by atoms with Crippen molar-refractivity contribution in [2.45, 2.75) is 12.8 Å². The molecule has 1 aromatic carbocycles. The van der Waals surface area contributed by atoms with Crippen molar-refractivity contribution >= 4 is 5.97 Å². The van der Waals surface area contributed by atoms with Gasteiger partial charge < -0.3 is 9.84 Å². The van der Waals surface area contributed by atoms with Gasteiger partial charge >= 0.3 is 12.3 Å². The molecule has 0 aliphatic heterocycles. The predicted octanol–water partition coefficient (Wildman–Crippen LogP) is 3.41. The van der Waals surface area contributed by atoms with Crippen LogP contribution in [0.3, 0.4) is 0 Å². The summed E-state index contributed by atoms with van der Waals surface area (Å²) >= 11 is 0. The zero-order valence-corrected chi connectivity index (χ0v) is 10.9. The minimum atomic E-state index is -4.81. The Morgan fingerprint density at radius 2 is 1.77 bits per heavy atom. The van der Waals surface area contributed by atoms with Crippen LogP contribution in [0.2, 0.25) is 0 Å². The molecule has 0 amide bonds. The smallest absolute Gasteiger partial charge is 0.481 e. The molecule has 1 aromatic heterocycles. The first kappa shape index (κ1) is 15.7. The summed E-state index contributed by atoms with van der Waals surface area (Å²) in [5, 5.41) is 8.69. The molecule has 0 radical (unpaired) electrons. The minimum absolute atomic E-state index is 0.138. The first-order valence-electron chi connectivity index (χ1n) is 5.98. The molecule has 0 atom stereocenters. The Balaban J connectivity index is 2.29. The molecule has 0 bridgehead atoms. The Hall–Kier alpha value is -2.64. The van der Waals surface area contributed by atoms with Crippen molar-refractivity contribution in [1.82, 2.24) is 4.98 Å². The van der Waals surface area contributed by atoms with Gasteiger partial charge in [0.05, 0.1) is 12.1 Å². The minimum Gasteiger partial charge on any atom is -0.481 e. The zero-order chi connectivity index (χ0) is 16.3. The highest BCUT2D eigenvalue weighted by atomic mass is 19.4. The highest BCUT2D eigenvalue weighted by molar-refractivity contribution is 5.70. The maximum atomic E-state index is 13.7. The van der Waals surface area contributed by atoms with E-state index < -0.39 is 23.9 Å². The molecule has 2 aromatic rings. The third-order valence-electron chi connectivity index (χ3n) is 2.60. The Kier molecular flexibility index (Phi) is 4.30. The van der Waals surface area contributed by atoms with Crippen LogP contribution in [-0.4, -0.2) is 22.4 Å². The van der Waals surface area contributed by atoms with Crippen LogP contribution in [0, 0.1) is 5.82 Å². The van der Waals surface area contributed by atoms with Crippen molar-refractivity contribution in [2.24, 2.45) is 0 Å². The van der Waals surface area contributed by atoms with E-state index in [1.165, 1.54) is 18.2 Å². The number of halogens is 4. The summed E-state index contributed by atoms with van der Waals surface area (Å²) in [6.07, 6.45) is -5.20. The Bertz CT molecular complexity index is 683. The van der Waals surface area contributed by atoms with Gasteiger partial charge in [0.2, 0.25) is 0 Å². The molecule has 2 rings (SSSR count). The number of carbonyl (C=O) groups is 1. The Labute approximate surface area is 122 Å². The lowest BCUT2D eigenvalue weighted by molar-refractivity contribution is -0.274. The van der Waals surface area contributed by atoms with E-state index in [2.05, 4.69) is 9.72 Å². The summed E-state index contributed by atoms with van der Waals surface area (Å²) in [4.78, 5) is 14.5. The van der Waals surface area contributed by atoms with Crippen molar-refractivity contribution in [1.29, 1.82) is 0 Å². The number of ether oxygens (including phenoxy) is 1. The molecule has 0 saturated carbocycles. The second kappa shape index (κ2) is 6.00. The average Bonchev–Trinajstić information content (AvgIpc) is 2.40. The normalized spacial score (nSPS) is 11.3. The lowest BCUT2D eigenvalue weighted by Gasteiger charge is -2.10. The summed E-state index contributed by atoms with van der Waals surface area (Å²) in [6.45, 7) is 0. The molecule has 0 spiro atoms. The van der Waals surface area contributed by atoms with Gasteiger partial charge in [-0.05, 0) is 36.4 Å². The Morgan fingerprint density at radius 1 is 1.14 bits per heavy atom. The van der Waals surface area contributed by atoms with E-state index in [4.69, 9.17) is 5.11 Å². The van der Waals surface area contributed by atoms with E-state index in [9.17, 15) is 22.4 Å². The number of aliphatic carboxylic acids is 1. The van der Waals surface area contributed by atoms with Crippen LogP contribution < -0.4 is 4.74 Å². The van der Waals surface area contributed by atoms with Crippen molar-refractivity contribution < 1.29 is 32.2 Å². The van der Waals surface area contributed by atoms with Crippen molar-refractivity contribution in [3.8, 4) is 17.0 Å². The fourth-order valence-electron chi connectivity index (χ4n) is 1.75. The average molecular weight is 315 g/mol. The lowest BCUT2D eigenvalue weighted by atomic mass is 10.1. The van der Waals surface area contributed by atoms with Gasteiger partial charge in [-0.25, -0.2) is 9.37 Å². The van der Waals surface area contributed by atoms with E-state index in [0.29, 0.717) is 0 Å². The molecular weight excluding hydrogens is 306 g/mol. The molecule has 4 nitrogen and oxygen atoms in total. The van der Waals surface area contributed by atoms with Crippen LogP contribution >= 0.6 is 0 Å². The number of nitrogens with zero attached hydrogens (tertiary/aromatic N) is 1. The van der Waals surface area contributed by atoms with E-state index in [-0.39, 0.29) is 23.4 Å². The molecule has 116 valence electrons. The van der Waals surface area contributed by atoms with Crippen LogP contribution in [0.25, 0.3) is 11.3 Å². The number of pyridine rings is 1. The molecule has 0 aliphatic rings. The summed E-state index contributed by atoms with van der Waals surface area (Å²) in [6, 6.07) is 6.74. The molecule has 22 heavy (non-hydrogen) atoms. The van der Waals surface area contributed by atoms with Crippen molar-refractivity contribution in [3.05, 3.63) is 47.9 Å². The van der Waals surface area contributed by atoms with Crippen LogP contribution in [0.15, 0.2) is 36.4 Å². The van der Waals surface area contributed by atoms with Gasteiger partial charge in [0.1, 0.15) is 17.3 Å². The topological polar surface area (TPSA) is 59.4 Å². The molecular formula is C14H9F4NO3. The fourth-order valence-corrected chi connectivity index (χ4v) is 1.75. The van der Waals surface area contributed by atoms with E-state index in [0.717, 1.165) is 18.2 Å². The van der Waals surface area contributed by atoms with E-state index >= 15 is 0 Å². The predicted molar refractivity (Wildman–Crippen MR) is 67.7 cm³/mol. The number of rotatable bonds is 4. The standard InChI is InChI=1S/C14H9F4NO3/c15-11-6-3-9(7-12(20)21)19-13(11)8-1-4-10(5-2-8)22-14(16,17)18/h1-6H,7H2,(H,20,21). The molecule has 0 aliphatic carbocycles. The molecule has 1 heterocycles. The summed E-state index contributed by atoms with van der Waals surface area (Å²) in [5.74, 6) is -2.28. The van der Waals surface area contributed by atoms with Gasteiger partial charge in [-0.2, -0.15) is 0 Å². The third-order valence-corrected chi connectivity index (χ3v) is 2.60. The molecule has 0 unspecified atom stereocenters. The second-order valence-electron chi connectivity index (χ2n) is 4.28. The highest BCUT2D eigenvalue weighted by Gasteiger charge is 2.31. The highest BCUT2D eigenvalue weighted by Crippen LogP contribution is 2.27. The van der Waals surface area contributed by atoms with Gasteiger partial charge in [0.25, 0.3) is 0 Å². The summed E-state index contributed by atoms with van der Waals surface area (Å²) < 4.78 is 53.6. The summed E-state index contributed by atoms with van der Waals surface area (Å²) in [5.41, 5.74) is 0.205. The third kappa shape index (κ3) is 4.18. The number of carboxylic acid groups (broad SMARTS) is 1. The van der Waals surface area contributed by atoms with Crippen LogP contribution in [-0.2, 0) is 11.2 Å². The molecule has 8 heteroatoms. The fraction of sp³-hybridized carbons (Fsp3) is 0.143. The zero-order valence-electron chi connectivity index (χ0n) is 10.9. The molecule has 1 N–H and O–H groups in total. The lowest BCUT2D eigenvalue weighted by Crippen LogP contribution is -2.16. The number of benzene rings is 1. The van der Waals surface area contributed by atoms with E-state index in [1.807, 2.05) is 0 Å². The molecule has 0 saturated heterocycles. The van der Waals surface area contributed by atoms with Crippen molar-refractivity contribution in [2.75, 3.05) is 0 Å². The number of carboxylic acids is 1. The number of hydrogen-bond acceptors (Lipinski definition) is 3. The monoisotopic (exact) mass is 315 g/mol. The first-order valence-corrected chi connectivity index (χ1v) is 5.98. The van der Waals surface area contributed by atoms with Gasteiger partial charge in [0, 0.05) is 5.56 Å². The van der Waals surface area contributed by atoms with Crippen LogP contribution in [0.1, 0.15) is 5.69 Å². The second-order valence-corrected chi connectivity index (χ2v) is 4.28. The molecule has 0 fully saturated rings. The van der Waals surface area contributed by atoms with Crippen LogP contribution in [0.5, 0.6) is 5.75 Å². The van der Waals surface area contributed by atoms with E-state index in [1.54, 1.807) is 0 Å². The number of aromatic nitrogens is 1. The van der Waals surface area contributed by atoms with Gasteiger partial charge in [0.15, 0.2) is 0 Å². The SMILES string of the molecule is O=C(O)Cc1ccc(F)c(-c2ccc(OC(F)(F)F)cc2)n1. The van der Waals surface area contributed by atoms with Crippen molar-refractivity contribution in [3.63, 3.8) is 0 Å².